The lowest BCUT2D eigenvalue weighted by atomic mass is 10.1. The molecule has 0 atom stereocenters. The van der Waals surface area contributed by atoms with Gasteiger partial charge in [-0.05, 0) is 0 Å². The number of esters is 1. The molecule has 4 nitrogen and oxygen atoms in total. The smallest absolute Gasteiger partial charge is 0.465 e. The maximum absolute atomic E-state index is 12.9. The largest absolute Gasteiger partial charge is 0.574 e. The Kier molecular flexibility index (Phi) is 4.92. The second-order valence-corrected chi connectivity index (χ2v) is 3.77. The Morgan fingerprint density at radius 3 is 2.24 bits per heavy atom. The van der Waals surface area contributed by atoms with Crippen LogP contribution in [0.1, 0.15) is 21.6 Å². The summed E-state index contributed by atoms with van der Waals surface area (Å²) in [6.07, 6.45) is -10.2. The number of pyridine rings is 1. The van der Waals surface area contributed by atoms with Gasteiger partial charge in [-0.1, -0.05) is 0 Å². The molecule has 1 aromatic heterocycles. The van der Waals surface area contributed by atoms with E-state index in [1.54, 1.807) is 0 Å². The van der Waals surface area contributed by atoms with Crippen LogP contribution in [0, 0.1) is 0 Å². The number of methoxy groups -OCH3 is 1. The van der Waals surface area contributed by atoms with Crippen molar-refractivity contribution >= 4 is 17.6 Å². The van der Waals surface area contributed by atoms with Gasteiger partial charge >= 0.3 is 18.5 Å². The molecule has 0 N–H and O–H groups in total. The fraction of sp³-hybridized carbons (Fsp3) is 0.400. The van der Waals surface area contributed by atoms with E-state index in [4.69, 9.17) is 11.6 Å². The SMILES string of the molecule is COC(=O)c1cc(OC(F)(F)F)nc(CCl)c1C(F)(F)F. The second kappa shape index (κ2) is 5.96. The van der Waals surface area contributed by atoms with Crippen molar-refractivity contribution in [2.45, 2.75) is 18.4 Å². The monoisotopic (exact) mass is 337 g/mol. The number of carbonyl (C=O) groups excluding carboxylic acids is 1. The van der Waals surface area contributed by atoms with E-state index in [0.717, 1.165) is 7.11 Å². The Morgan fingerprint density at radius 2 is 1.86 bits per heavy atom. The molecule has 0 saturated heterocycles. The predicted octanol–water partition coefficient (Wildman–Crippen LogP) is 3.52. The van der Waals surface area contributed by atoms with Crippen LogP contribution >= 0.6 is 11.6 Å². The second-order valence-electron chi connectivity index (χ2n) is 3.50. The zero-order valence-corrected chi connectivity index (χ0v) is 10.9. The van der Waals surface area contributed by atoms with Crippen LogP contribution in [0.2, 0.25) is 0 Å². The van der Waals surface area contributed by atoms with Crippen molar-refractivity contribution < 1.29 is 40.6 Å². The van der Waals surface area contributed by atoms with Crippen molar-refractivity contribution in [3.05, 3.63) is 22.9 Å². The summed E-state index contributed by atoms with van der Waals surface area (Å²) in [7, 11) is 0.771. The molecule has 0 radical (unpaired) electrons. The van der Waals surface area contributed by atoms with E-state index in [1.807, 2.05) is 0 Å². The first kappa shape index (κ1) is 17.3. The van der Waals surface area contributed by atoms with Gasteiger partial charge in [-0.3, -0.25) is 0 Å². The van der Waals surface area contributed by atoms with Crippen LogP contribution in [0.5, 0.6) is 5.88 Å². The van der Waals surface area contributed by atoms with Gasteiger partial charge in [0.1, 0.15) is 0 Å². The molecule has 0 bridgehead atoms. The Labute approximate surface area is 118 Å². The van der Waals surface area contributed by atoms with Crippen molar-refractivity contribution in [3.8, 4) is 5.88 Å². The average molecular weight is 338 g/mol. The highest BCUT2D eigenvalue weighted by atomic mass is 35.5. The van der Waals surface area contributed by atoms with Gasteiger partial charge < -0.3 is 9.47 Å². The summed E-state index contributed by atoms with van der Waals surface area (Å²) in [6, 6.07) is 0.193. The number of aromatic nitrogens is 1. The fourth-order valence-corrected chi connectivity index (χ4v) is 1.62. The molecule has 11 heteroatoms. The lowest BCUT2D eigenvalue weighted by Crippen LogP contribution is -2.22. The van der Waals surface area contributed by atoms with E-state index in [2.05, 4.69) is 14.5 Å². The average Bonchev–Trinajstić information content (AvgIpc) is 2.33. The molecule has 0 aliphatic rings. The third kappa shape index (κ3) is 4.38. The summed E-state index contributed by atoms with van der Waals surface area (Å²) in [5, 5.41) is 0. The standard InChI is InChI=1S/C10H6ClF6NO3/c1-20-8(19)4-2-6(21-10(15,16)17)18-5(3-11)7(4)9(12,13)14/h2H,3H2,1H3. The van der Waals surface area contributed by atoms with Gasteiger partial charge in [-0.15, -0.1) is 24.8 Å². The molecule has 0 aliphatic carbocycles. The van der Waals surface area contributed by atoms with Crippen molar-refractivity contribution in [3.63, 3.8) is 0 Å². The van der Waals surface area contributed by atoms with Gasteiger partial charge in [0.2, 0.25) is 5.88 Å². The summed E-state index contributed by atoms with van der Waals surface area (Å²) in [6.45, 7) is 0. The summed E-state index contributed by atoms with van der Waals surface area (Å²) >= 11 is 5.25. The quantitative estimate of drug-likeness (QED) is 0.481. The molecule has 0 unspecified atom stereocenters. The highest BCUT2D eigenvalue weighted by molar-refractivity contribution is 6.17. The lowest BCUT2D eigenvalue weighted by Gasteiger charge is -2.16. The summed E-state index contributed by atoms with van der Waals surface area (Å²) in [5.74, 6) is -3.62. The summed E-state index contributed by atoms with van der Waals surface area (Å²) < 4.78 is 82.5. The number of rotatable bonds is 3. The van der Waals surface area contributed by atoms with Crippen LogP contribution in [0.25, 0.3) is 0 Å². The Bertz CT molecular complexity index is 543. The van der Waals surface area contributed by atoms with E-state index >= 15 is 0 Å². The van der Waals surface area contributed by atoms with Crippen LogP contribution in [0.3, 0.4) is 0 Å². The highest BCUT2D eigenvalue weighted by Gasteiger charge is 2.41. The normalized spacial score (nSPS) is 12.2. The van der Waals surface area contributed by atoms with Crippen LogP contribution < -0.4 is 4.74 Å². The molecular weight excluding hydrogens is 332 g/mol. The molecule has 1 rings (SSSR count). The van der Waals surface area contributed by atoms with Gasteiger partial charge in [0, 0.05) is 6.07 Å². The van der Waals surface area contributed by atoms with Crippen molar-refractivity contribution in [1.29, 1.82) is 0 Å². The van der Waals surface area contributed by atoms with Crippen molar-refractivity contribution in [1.82, 2.24) is 4.98 Å². The number of ether oxygens (including phenoxy) is 2. The molecule has 0 saturated carbocycles. The number of hydrogen-bond donors (Lipinski definition) is 0. The minimum absolute atomic E-state index is 0.193. The molecule has 0 aliphatic heterocycles. The third-order valence-corrected chi connectivity index (χ3v) is 2.36. The topological polar surface area (TPSA) is 48.4 Å². The van der Waals surface area contributed by atoms with Gasteiger partial charge in [0.05, 0.1) is 29.8 Å². The maximum atomic E-state index is 12.9. The zero-order chi connectivity index (χ0) is 16.4. The predicted molar refractivity (Wildman–Crippen MR) is 56.8 cm³/mol. The third-order valence-electron chi connectivity index (χ3n) is 2.11. The van der Waals surface area contributed by atoms with Gasteiger partial charge in [-0.25, -0.2) is 9.78 Å². The number of hydrogen-bond acceptors (Lipinski definition) is 4. The van der Waals surface area contributed by atoms with E-state index < -0.39 is 47.1 Å². The van der Waals surface area contributed by atoms with Gasteiger partial charge in [0.15, 0.2) is 0 Å². The molecule has 0 amide bonds. The van der Waals surface area contributed by atoms with Gasteiger partial charge in [0.25, 0.3) is 0 Å². The van der Waals surface area contributed by atoms with Crippen molar-refractivity contribution in [2.24, 2.45) is 0 Å². The number of nitrogens with zero attached hydrogens (tertiary/aromatic N) is 1. The van der Waals surface area contributed by atoms with E-state index in [9.17, 15) is 31.1 Å². The van der Waals surface area contributed by atoms with Crippen LogP contribution in [-0.2, 0) is 16.8 Å². The molecule has 118 valence electrons. The van der Waals surface area contributed by atoms with Crippen molar-refractivity contribution in [2.75, 3.05) is 7.11 Å². The van der Waals surface area contributed by atoms with Crippen LogP contribution in [0.15, 0.2) is 6.07 Å². The first-order chi connectivity index (χ1) is 9.49. The fourth-order valence-electron chi connectivity index (χ4n) is 1.43. The Hall–Kier alpha value is -1.71. The molecule has 21 heavy (non-hydrogen) atoms. The number of halogens is 7. The highest BCUT2D eigenvalue weighted by Crippen LogP contribution is 2.37. The number of carbonyl (C=O) groups is 1. The van der Waals surface area contributed by atoms with Gasteiger partial charge in [-0.2, -0.15) is 13.2 Å². The summed E-state index contributed by atoms with van der Waals surface area (Å²) in [4.78, 5) is 14.4. The molecule has 0 spiro atoms. The molecular formula is C10H6ClF6NO3. The van der Waals surface area contributed by atoms with Crippen LogP contribution in [0.4, 0.5) is 26.3 Å². The Balaban J connectivity index is 3.54. The summed E-state index contributed by atoms with van der Waals surface area (Å²) in [5.41, 5.74) is -3.72. The zero-order valence-electron chi connectivity index (χ0n) is 10.1. The first-order valence-electron chi connectivity index (χ1n) is 5.00. The molecule has 0 fully saturated rings. The van der Waals surface area contributed by atoms with E-state index in [1.165, 1.54) is 0 Å². The molecule has 1 heterocycles. The lowest BCUT2D eigenvalue weighted by molar-refractivity contribution is -0.276. The Morgan fingerprint density at radius 1 is 1.29 bits per heavy atom. The van der Waals surface area contributed by atoms with E-state index in [-0.39, 0.29) is 6.07 Å². The number of alkyl halides is 7. The minimum Gasteiger partial charge on any atom is -0.465 e. The minimum atomic E-state index is -5.19. The van der Waals surface area contributed by atoms with Crippen LogP contribution in [-0.4, -0.2) is 24.4 Å². The van der Waals surface area contributed by atoms with E-state index in [0.29, 0.717) is 0 Å². The molecule has 1 aromatic rings. The maximum Gasteiger partial charge on any atom is 0.574 e. The molecule has 0 aromatic carbocycles. The first-order valence-corrected chi connectivity index (χ1v) is 5.54.